The van der Waals surface area contributed by atoms with Crippen LogP contribution in [0.2, 0.25) is 0 Å². The standard InChI is InChI=1S/C16H27N3O2/c1-5-14(6-2)19-15(9-11(3)17-19)16(21)18-8-7-13(10-18)12(4)20/h9,12-14,20H,5-8,10H2,1-4H3. The molecule has 1 aromatic heterocycles. The molecule has 2 rings (SSSR count). The SMILES string of the molecule is CCC(CC)n1nc(C)cc1C(=O)N1CCC(C(C)O)C1. The molecule has 5 nitrogen and oxygen atoms in total. The molecule has 1 saturated heterocycles. The maximum absolute atomic E-state index is 12.8. The van der Waals surface area contributed by atoms with Crippen molar-refractivity contribution in [1.29, 1.82) is 0 Å². The van der Waals surface area contributed by atoms with Crippen molar-refractivity contribution in [2.45, 2.75) is 59.1 Å². The zero-order valence-corrected chi connectivity index (χ0v) is 13.5. The Balaban J connectivity index is 2.20. The second kappa shape index (κ2) is 6.60. The average Bonchev–Trinajstić information content (AvgIpc) is 3.06. The number of likely N-dealkylation sites (tertiary alicyclic amines) is 1. The van der Waals surface area contributed by atoms with E-state index >= 15 is 0 Å². The number of hydrogen-bond acceptors (Lipinski definition) is 3. The molecular formula is C16H27N3O2. The zero-order valence-electron chi connectivity index (χ0n) is 13.5. The topological polar surface area (TPSA) is 58.4 Å². The van der Waals surface area contributed by atoms with Gasteiger partial charge in [0.2, 0.25) is 0 Å². The summed E-state index contributed by atoms with van der Waals surface area (Å²) in [7, 11) is 0. The predicted molar refractivity (Wildman–Crippen MR) is 82.3 cm³/mol. The van der Waals surface area contributed by atoms with Gasteiger partial charge in [-0.25, -0.2) is 0 Å². The van der Waals surface area contributed by atoms with Crippen LogP contribution in [-0.4, -0.2) is 44.9 Å². The first kappa shape index (κ1) is 16.0. The number of aryl methyl sites for hydroxylation is 1. The third kappa shape index (κ3) is 3.28. The van der Waals surface area contributed by atoms with E-state index in [0.717, 1.165) is 31.5 Å². The molecule has 0 spiro atoms. The highest BCUT2D eigenvalue weighted by atomic mass is 16.3. The molecule has 1 fully saturated rings. The lowest BCUT2D eigenvalue weighted by atomic mass is 10.0. The van der Waals surface area contributed by atoms with Crippen molar-refractivity contribution in [3.8, 4) is 0 Å². The van der Waals surface area contributed by atoms with E-state index in [1.807, 2.05) is 22.6 Å². The van der Waals surface area contributed by atoms with E-state index in [0.29, 0.717) is 12.2 Å². The highest BCUT2D eigenvalue weighted by molar-refractivity contribution is 5.93. The summed E-state index contributed by atoms with van der Waals surface area (Å²) in [5.41, 5.74) is 1.57. The van der Waals surface area contributed by atoms with Crippen LogP contribution in [0.3, 0.4) is 0 Å². The molecule has 1 amide bonds. The van der Waals surface area contributed by atoms with Gasteiger partial charge < -0.3 is 10.0 Å². The van der Waals surface area contributed by atoms with Gasteiger partial charge in [-0.2, -0.15) is 5.10 Å². The second-order valence-corrected chi connectivity index (χ2v) is 6.13. The van der Waals surface area contributed by atoms with Crippen LogP contribution in [0.1, 0.15) is 62.3 Å². The lowest BCUT2D eigenvalue weighted by molar-refractivity contribution is 0.0747. The number of aromatic nitrogens is 2. The van der Waals surface area contributed by atoms with E-state index in [2.05, 4.69) is 18.9 Å². The van der Waals surface area contributed by atoms with Crippen LogP contribution < -0.4 is 0 Å². The number of amides is 1. The summed E-state index contributed by atoms with van der Waals surface area (Å²) in [6.07, 6.45) is 2.46. The number of hydrogen-bond donors (Lipinski definition) is 1. The Morgan fingerprint density at radius 1 is 1.48 bits per heavy atom. The molecule has 0 radical (unpaired) electrons. The minimum Gasteiger partial charge on any atom is -0.393 e. The molecule has 0 saturated carbocycles. The third-order valence-electron chi connectivity index (χ3n) is 4.56. The summed E-state index contributed by atoms with van der Waals surface area (Å²) < 4.78 is 1.90. The van der Waals surface area contributed by atoms with E-state index < -0.39 is 0 Å². The normalized spacial score (nSPS) is 20.3. The van der Waals surface area contributed by atoms with Gasteiger partial charge in [-0.3, -0.25) is 9.48 Å². The molecule has 2 unspecified atom stereocenters. The first-order valence-electron chi connectivity index (χ1n) is 8.01. The molecule has 2 heterocycles. The van der Waals surface area contributed by atoms with Crippen LogP contribution in [0.5, 0.6) is 0 Å². The zero-order chi connectivity index (χ0) is 15.6. The lowest BCUT2D eigenvalue weighted by Crippen LogP contribution is -2.32. The number of carbonyl (C=O) groups excluding carboxylic acids is 1. The Morgan fingerprint density at radius 3 is 2.67 bits per heavy atom. The van der Waals surface area contributed by atoms with Crippen LogP contribution in [0, 0.1) is 12.8 Å². The lowest BCUT2D eigenvalue weighted by Gasteiger charge is -2.21. The van der Waals surface area contributed by atoms with Crippen LogP contribution >= 0.6 is 0 Å². The minimum atomic E-state index is -0.353. The number of nitrogens with zero attached hydrogens (tertiary/aromatic N) is 3. The summed E-state index contributed by atoms with van der Waals surface area (Å²) in [4.78, 5) is 14.6. The first-order chi connectivity index (χ1) is 9.97. The van der Waals surface area contributed by atoms with Crippen molar-refractivity contribution >= 4 is 5.91 Å². The monoisotopic (exact) mass is 293 g/mol. The van der Waals surface area contributed by atoms with Crippen molar-refractivity contribution in [1.82, 2.24) is 14.7 Å². The molecule has 0 aromatic carbocycles. The van der Waals surface area contributed by atoms with Crippen LogP contribution in [-0.2, 0) is 0 Å². The van der Waals surface area contributed by atoms with E-state index in [1.54, 1.807) is 6.92 Å². The van der Waals surface area contributed by atoms with Gasteiger partial charge in [-0.1, -0.05) is 13.8 Å². The van der Waals surface area contributed by atoms with Gasteiger partial charge in [0.1, 0.15) is 5.69 Å². The summed E-state index contributed by atoms with van der Waals surface area (Å²) in [5, 5.41) is 14.2. The molecule has 1 aliphatic rings. The Morgan fingerprint density at radius 2 is 2.14 bits per heavy atom. The molecule has 118 valence electrons. The Hall–Kier alpha value is -1.36. The number of aliphatic hydroxyl groups excluding tert-OH is 1. The smallest absolute Gasteiger partial charge is 0.272 e. The number of rotatable bonds is 5. The van der Waals surface area contributed by atoms with E-state index in [-0.39, 0.29) is 24.0 Å². The summed E-state index contributed by atoms with van der Waals surface area (Å²) in [6.45, 7) is 9.35. The van der Waals surface area contributed by atoms with Gasteiger partial charge in [0.05, 0.1) is 17.8 Å². The Bertz CT molecular complexity index is 492. The summed E-state index contributed by atoms with van der Waals surface area (Å²) in [5.74, 6) is 0.241. The fourth-order valence-corrected chi connectivity index (χ4v) is 3.12. The fraction of sp³-hybridized carbons (Fsp3) is 0.750. The molecule has 21 heavy (non-hydrogen) atoms. The van der Waals surface area contributed by atoms with E-state index in [1.165, 1.54) is 0 Å². The second-order valence-electron chi connectivity index (χ2n) is 6.13. The first-order valence-corrected chi connectivity index (χ1v) is 8.01. The quantitative estimate of drug-likeness (QED) is 0.907. The Kier molecular flexibility index (Phi) is 5.04. The molecular weight excluding hydrogens is 266 g/mol. The van der Waals surface area contributed by atoms with Crippen molar-refractivity contribution in [3.63, 3.8) is 0 Å². The highest BCUT2D eigenvalue weighted by Crippen LogP contribution is 2.24. The fourth-order valence-electron chi connectivity index (χ4n) is 3.12. The molecule has 0 bridgehead atoms. The maximum atomic E-state index is 12.8. The molecule has 5 heteroatoms. The number of carbonyl (C=O) groups is 1. The Labute approximate surface area is 126 Å². The van der Waals surface area contributed by atoms with Gasteiger partial charge >= 0.3 is 0 Å². The van der Waals surface area contributed by atoms with Crippen molar-refractivity contribution in [2.24, 2.45) is 5.92 Å². The summed E-state index contributed by atoms with van der Waals surface area (Å²) in [6, 6.07) is 2.16. The van der Waals surface area contributed by atoms with Gasteiger partial charge in [0.15, 0.2) is 0 Å². The third-order valence-corrected chi connectivity index (χ3v) is 4.56. The molecule has 1 aliphatic heterocycles. The number of aliphatic hydroxyl groups is 1. The highest BCUT2D eigenvalue weighted by Gasteiger charge is 2.31. The van der Waals surface area contributed by atoms with Gasteiger partial charge in [0, 0.05) is 19.0 Å². The van der Waals surface area contributed by atoms with Gasteiger partial charge in [0.25, 0.3) is 5.91 Å². The van der Waals surface area contributed by atoms with Crippen LogP contribution in [0.15, 0.2) is 6.07 Å². The van der Waals surface area contributed by atoms with Crippen LogP contribution in [0.4, 0.5) is 0 Å². The van der Waals surface area contributed by atoms with Crippen molar-refractivity contribution < 1.29 is 9.90 Å². The van der Waals surface area contributed by atoms with E-state index in [9.17, 15) is 9.90 Å². The van der Waals surface area contributed by atoms with Crippen molar-refractivity contribution in [3.05, 3.63) is 17.5 Å². The minimum absolute atomic E-state index is 0.0469. The average molecular weight is 293 g/mol. The van der Waals surface area contributed by atoms with Gasteiger partial charge in [-0.05, 0) is 39.2 Å². The largest absolute Gasteiger partial charge is 0.393 e. The molecule has 1 aromatic rings. The summed E-state index contributed by atoms with van der Waals surface area (Å²) >= 11 is 0. The predicted octanol–water partition coefficient (Wildman–Crippen LogP) is 2.40. The molecule has 2 atom stereocenters. The van der Waals surface area contributed by atoms with E-state index in [4.69, 9.17) is 0 Å². The van der Waals surface area contributed by atoms with Crippen LogP contribution in [0.25, 0.3) is 0 Å². The maximum Gasteiger partial charge on any atom is 0.272 e. The van der Waals surface area contributed by atoms with Gasteiger partial charge in [-0.15, -0.1) is 0 Å². The molecule has 1 N–H and O–H groups in total. The van der Waals surface area contributed by atoms with Crippen molar-refractivity contribution in [2.75, 3.05) is 13.1 Å². The molecule has 0 aliphatic carbocycles.